The molecule has 0 aliphatic carbocycles. The zero-order valence-corrected chi connectivity index (χ0v) is 18.0. The molecule has 1 aliphatic heterocycles. The minimum Gasteiger partial charge on any atom is -0.495 e. The number of aromatic nitrogens is 2. The van der Waals surface area contributed by atoms with Crippen molar-refractivity contribution in [2.75, 3.05) is 29.6 Å². The lowest BCUT2D eigenvalue weighted by Gasteiger charge is -2.21. The molecule has 33 heavy (non-hydrogen) atoms. The first-order chi connectivity index (χ1) is 16.0. The first kappa shape index (κ1) is 20.6. The number of pyridine rings is 1. The molecule has 2 aromatic heterocycles. The van der Waals surface area contributed by atoms with Gasteiger partial charge in [0.1, 0.15) is 17.4 Å². The molecule has 0 atom stereocenters. The summed E-state index contributed by atoms with van der Waals surface area (Å²) in [4.78, 5) is 19.3. The Kier molecular flexibility index (Phi) is 5.21. The normalized spacial score (nSPS) is 12.7. The van der Waals surface area contributed by atoms with Crippen molar-refractivity contribution in [2.24, 2.45) is 5.73 Å². The molecule has 0 saturated carbocycles. The highest BCUT2D eigenvalue weighted by atomic mass is 19.1. The van der Waals surface area contributed by atoms with E-state index in [9.17, 15) is 9.18 Å². The van der Waals surface area contributed by atoms with Crippen LogP contribution in [0.5, 0.6) is 5.75 Å². The van der Waals surface area contributed by atoms with Crippen molar-refractivity contribution in [2.45, 2.75) is 12.8 Å². The van der Waals surface area contributed by atoms with Gasteiger partial charge in [0, 0.05) is 17.6 Å². The highest BCUT2D eigenvalue weighted by molar-refractivity contribution is 6.02. The predicted molar refractivity (Wildman–Crippen MR) is 127 cm³/mol. The number of aryl methyl sites for hydroxylation is 1. The molecule has 6 N–H and O–H groups in total. The van der Waals surface area contributed by atoms with Gasteiger partial charge < -0.3 is 31.4 Å². The van der Waals surface area contributed by atoms with Gasteiger partial charge in [-0.3, -0.25) is 9.78 Å². The summed E-state index contributed by atoms with van der Waals surface area (Å²) in [7, 11) is 1.65. The van der Waals surface area contributed by atoms with Gasteiger partial charge in [0.2, 0.25) is 0 Å². The van der Waals surface area contributed by atoms with Crippen molar-refractivity contribution in [1.29, 1.82) is 0 Å². The van der Waals surface area contributed by atoms with Crippen molar-refractivity contribution in [3.8, 4) is 5.75 Å². The number of primary amides is 1. The molecule has 2 aromatic carbocycles. The van der Waals surface area contributed by atoms with Crippen molar-refractivity contribution >= 4 is 45.4 Å². The van der Waals surface area contributed by atoms with Gasteiger partial charge in [-0.25, -0.2) is 4.39 Å². The number of aromatic amines is 1. The van der Waals surface area contributed by atoms with Gasteiger partial charge >= 0.3 is 0 Å². The first-order valence-electron chi connectivity index (χ1n) is 10.6. The maximum atomic E-state index is 14.2. The smallest absolute Gasteiger partial charge is 0.253 e. The third-order valence-electron chi connectivity index (χ3n) is 5.71. The zero-order valence-electron chi connectivity index (χ0n) is 18.0. The maximum Gasteiger partial charge on any atom is 0.253 e. The fraction of sp³-hybridized carbons (Fsp3) is 0.167. The number of benzene rings is 2. The van der Waals surface area contributed by atoms with Crippen LogP contribution in [0.1, 0.15) is 22.3 Å². The van der Waals surface area contributed by atoms with E-state index in [1.807, 2.05) is 12.1 Å². The van der Waals surface area contributed by atoms with E-state index in [4.69, 9.17) is 10.5 Å². The summed E-state index contributed by atoms with van der Waals surface area (Å²) >= 11 is 0. The van der Waals surface area contributed by atoms with Crippen LogP contribution >= 0.6 is 0 Å². The number of nitrogens with zero attached hydrogens (tertiary/aromatic N) is 1. The van der Waals surface area contributed by atoms with Crippen molar-refractivity contribution < 1.29 is 13.9 Å². The van der Waals surface area contributed by atoms with E-state index in [1.165, 1.54) is 17.7 Å². The Morgan fingerprint density at radius 2 is 2.03 bits per heavy atom. The number of hydrogen-bond acceptors (Lipinski definition) is 6. The summed E-state index contributed by atoms with van der Waals surface area (Å²) < 4.78 is 19.8. The van der Waals surface area contributed by atoms with Crippen LogP contribution < -0.4 is 26.4 Å². The van der Waals surface area contributed by atoms with Gasteiger partial charge in [0.25, 0.3) is 5.91 Å². The number of rotatable bonds is 6. The van der Waals surface area contributed by atoms with Crippen LogP contribution in [0, 0.1) is 5.82 Å². The minimum atomic E-state index is -0.847. The van der Waals surface area contributed by atoms with E-state index in [0.717, 1.165) is 53.2 Å². The lowest BCUT2D eigenvalue weighted by Crippen LogP contribution is -2.15. The molecule has 8 nitrogen and oxygen atoms in total. The molecule has 168 valence electrons. The molecule has 1 amide bonds. The number of halogens is 1. The summed E-state index contributed by atoms with van der Waals surface area (Å²) in [6, 6.07) is 10.3. The number of anilines is 5. The van der Waals surface area contributed by atoms with Gasteiger partial charge in [0.15, 0.2) is 0 Å². The zero-order chi connectivity index (χ0) is 22.9. The molecule has 0 unspecified atom stereocenters. The molecular weight excluding hydrogens is 423 g/mol. The summed E-state index contributed by atoms with van der Waals surface area (Å²) in [6.45, 7) is 0.944. The first-order valence-corrected chi connectivity index (χ1v) is 10.6. The largest absolute Gasteiger partial charge is 0.495 e. The lowest BCUT2D eigenvalue weighted by molar-refractivity contribution is 0.0997. The van der Waals surface area contributed by atoms with E-state index in [0.29, 0.717) is 5.69 Å². The summed E-state index contributed by atoms with van der Waals surface area (Å²) in [5.41, 5.74) is 9.96. The molecule has 4 aromatic rings. The Balaban J connectivity index is 1.50. The third kappa shape index (κ3) is 3.89. The van der Waals surface area contributed by atoms with Crippen molar-refractivity contribution in [3.63, 3.8) is 0 Å². The number of nitrogens with one attached hydrogen (secondary N) is 4. The quantitative estimate of drug-likeness (QED) is 0.294. The van der Waals surface area contributed by atoms with Gasteiger partial charge in [-0.1, -0.05) is 6.07 Å². The van der Waals surface area contributed by atoms with Crippen LogP contribution in [0.25, 0.3) is 10.9 Å². The highest BCUT2D eigenvalue weighted by Gasteiger charge is 2.17. The SMILES string of the molecule is COc1cc2c(cc1Nc1cc3c(Nc4cccc(F)c4C(N)=O)cncc3[nH]1)NCCC2. The van der Waals surface area contributed by atoms with Crippen LogP contribution in [0.2, 0.25) is 0 Å². The van der Waals surface area contributed by atoms with Gasteiger partial charge in [0.05, 0.1) is 47.6 Å². The molecule has 3 heterocycles. The number of ether oxygens (including phenoxy) is 1. The molecule has 0 saturated heterocycles. The van der Waals surface area contributed by atoms with Crippen molar-refractivity contribution in [3.05, 3.63) is 65.7 Å². The van der Waals surface area contributed by atoms with Gasteiger partial charge in [-0.15, -0.1) is 0 Å². The van der Waals surface area contributed by atoms with E-state index < -0.39 is 11.7 Å². The fourth-order valence-corrected chi connectivity index (χ4v) is 4.15. The molecule has 0 fully saturated rings. The Morgan fingerprint density at radius 1 is 1.15 bits per heavy atom. The lowest BCUT2D eigenvalue weighted by atomic mass is 10.0. The number of hydrogen-bond donors (Lipinski definition) is 5. The van der Waals surface area contributed by atoms with Gasteiger partial charge in [-0.2, -0.15) is 0 Å². The van der Waals surface area contributed by atoms with Crippen LogP contribution in [0.4, 0.5) is 33.0 Å². The monoisotopic (exact) mass is 446 g/mol. The maximum absolute atomic E-state index is 14.2. The second-order valence-corrected chi connectivity index (χ2v) is 7.85. The van der Waals surface area contributed by atoms with Crippen LogP contribution in [-0.2, 0) is 6.42 Å². The Labute approximate surface area is 189 Å². The summed E-state index contributed by atoms with van der Waals surface area (Å²) in [6.07, 6.45) is 5.41. The number of amides is 1. The number of fused-ring (bicyclic) bond motifs is 2. The van der Waals surface area contributed by atoms with E-state index in [1.54, 1.807) is 25.6 Å². The minimum absolute atomic E-state index is 0.199. The topological polar surface area (TPSA) is 117 Å². The molecule has 1 aliphatic rings. The van der Waals surface area contributed by atoms with Crippen LogP contribution in [0.15, 0.2) is 48.8 Å². The second-order valence-electron chi connectivity index (χ2n) is 7.85. The second kappa shape index (κ2) is 8.34. The number of methoxy groups -OCH3 is 1. The Hall–Kier alpha value is -4.27. The van der Waals surface area contributed by atoms with E-state index in [2.05, 4.69) is 32.0 Å². The summed E-state index contributed by atoms with van der Waals surface area (Å²) in [5, 5.41) is 10.7. The molecular formula is C24H23FN6O2. The number of H-pyrrole nitrogens is 1. The molecule has 0 spiro atoms. The average Bonchev–Trinajstić information content (AvgIpc) is 3.22. The standard InChI is InChI=1S/C24H23FN6O2/c1-33-21-8-13-4-3-7-28-17(13)10-18(21)30-22-9-14-19(11-27-12-20(14)31-22)29-16-6-2-5-15(25)23(16)24(26)32/h2,5-6,8-12,28-31H,3-4,7H2,1H3,(H2,26,32). The van der Waals surface area contributed by atoms with Crippen LogP contribution in [0.3, 0.4) is 0 Å². The fourth-order valence-electron chi connectivity index (χ4n) is 4.15. The molecule has 5 rings (SSSR count). The highest BCUT2D eigenvalue weighted by Crippen LogP contribution is 2.37. The predicted octanol–water partition coefficient (Wildman–Crippen LogP) is 4.65. The number of carbonyl (C=O) groups excluding carboxylic acids is 1. The van der Waals surface area contributed by atoms with E-state index in [-0.39, 0.29) is 11.3 Å². The average molecular weight is 446 g/mol. The van der Waals surface area contributed by atoms with Crippen molar-refractivity contribution in [1.82, 2.24) is 9.97 Å². The molecule has 0 bridgehead atoms. The van der Waals surface area contributed by atoms with Crippen LogP contribution in [-0.4, -0.2) is 29.5 Å². The number of carbonyl (C=O) groups is 1. The number of nitrogens with two attached hydrogens (primary N) is 1. The Bertz CT molecular complexity index is 1370. The summed E-state index contributed by atoms with van der Waals surface area (Å²) in [5.74, 6) is -0.0552. The molecule has 9 heteroatoms. The van der Waals surface area contributed by atoms with Gasteiger partial charge in [-0.05, 0) is 48.7 Å². The Morgan fingerprint density at radius 3 is 2.85 bits per heavy atom. The molecule has 0 radical (unpaired) electrons. The van der Waals surface area contributed by atoms with E-state index >= 15 is 0 Å². The third-order valence-corrected chi connectivity index (χ3v) is 5.71.